The molecule has 0 aliphatic carbocycles. The maximum Gasteiger partial charge on any atom is 0.313 e. The molecule has 0 saturated heterocycles. The standard InChI is InChI=1S/C19H25NO3/c1-7-13-20(14(3)21)17(19(4,5)18(22)23-6)16-12-10-9-11-15(16)8-2/h7-12,17H,1-2,13H2,3-6H3. The third-order valence-electron chi connectivity index (χ3n) is 3.95. The largest absolute Gasteiger partial charge is 0.469 e. The van der Waals surface area contributed by atoms with Crippen molar-refractivity contribution in [3.8, 4) is 0 Å². The van der Waals surface area contributed by atoms with Crippen LogP contribution in [0.25, 0.3) is 6.08 Å². The van der Waals surface area contributed by atoms with Gasteiger partial charge in [-0.3, -0.25) is 9.59 Å². The fourth-order valence-electron chi connectivity index (χ4n) is 2.82. The molecule has 0 bridgehead atoms. The van der Waals surface area contributed by atoms with Gasteiger partial charge in [0.1, 0.15) is 0 Å². The second kappa shape index (κ2) is 7.77. The highest BCUT2D eigenvalue weighted by atomic mass is 16.5. The average molecular weight is 315 g/mol. The summed E-state index contributed by atoms with van der Waals surface area (Å²) >= 11 is 0. The van der Waals surface area contributed by atoms with E-state index in [0.29, 0.717) is 6.54 Å². The minimum Gasteiger partial charge on any atom is -0.469 e. The van der Waals surface area contributed by atoms with Gasteiger partial charge in [0, 0.05) is 13.5 Å². The topological polar surface area (TPSA) is 46.6 Å². The van der Waals surface area contributed by atoms with E-state index in [1.165, 1.54) is 14.0 Å². The van der Waals surface area contributed by atoms with E-state index in [0.717, 1.165) is 11.1 Å². The Balaban J connectivity index is 3.59. The summed E-state index contributed by atoms with van der Waals surface area (Å²) in [6.07, 6.45) is 3.38. The van der Waals surface area contributed by atoms with Crippen LogP contribution in [0.3, 0.4) is 0 Å². The molecule has 0 aliphatic heterocycles. The maximum absolute atomic E-state index is 12.4. The highest BCUT2D eigenvalue weighted by Crippen LogP contribution is 2.41. The molecule has 0 aromatic heterocycles. The van der Waals surface area contributed by atoms with Gasteiger partial charge in [-0.1, -0.05) is 43.0 Å². The molecule has 4 nitrogen and oxygen atoms in total. The first kappa shape index (κ1) is 18.7. The Hall–Kier alpha value is -2.36. The summed E-state index contributed by atoms with van der Waals surface area (Å²) in [5, 5.41) is 0. The van der Waals surface area contributed by atoms with Crippen LogP contribution in [0.2, 0.25) is 0 Å². The van der Waals surface area contributed by atoms with Gasteiger partial charge in [0.15, 0.2) is 0 Å². The van der Waals surface area contributed by atoms with Gasteiger partial charge in [0.05, 0.1) is 18.6 Å². The zero-order chi connectivity index (χ0) is 17.6. The van der Waals surface area contributed by atoms with Crippen LogP contribution in [0.5, 0.6) is 0 Å². The number of carbonyl (C=O) groups excluding carboxylic acids is 2. The molecule has 0 spiro atoms. The third-order valence-corrected chi connectivity index (χ3v) is 3.95. The lowest BCUT2D eigenvalue weighted by molar-refractivity contribution is -0.157. The van der Waals surface area contributed by atoms with Crippen molar-refractivity contribution in [1.82, 2.24) is 4.90 Å². The molecule has 0 N–H and O–H groups in total. The molecular formula is C19H25NO3. The molecule has 1 rings (SSSR count). The van der Waals surface area contributed by atoms with Gasteiger partial charge in [0.25, 0.3) is 0 Å². The fraction of sp³-hybridized carbons (Fsp3) is 0.368. The molecule has 0 aliphatic rings. The van der Waals surface area contributed by atoms with Gasteiger partial charge in [-0.15, -0.1) is 6.58 Å². The van der Waals surface area contributed by atoms with Crippen molar-refractivity contribution in [1.29, 1.82) is 0 Å². The van der Waals surface area contributed by atoms with Gasteiger partial charge in [-0.25, -0.2) is 0 Å². The summed E-state index contributed by atoms with van der Waals surface area (Å²) in [6, 6.07) is 7.11. The summed E-state index contributed by atoms with van der Waals surface area (Å²) in [5.41, 5.74) is 0.808. The average Bonchev–Trinajstić information content (AvgIpc) is 2.53. The van der Waals surface area contributed by atoms with E-state index < -0.39 is 11.5 Å². The van der Waals surface area contributed by atoms with E-state index >= 15 is 0 Å². The fourth-order valence-corrected chi connectivity index (χ4v) is 2.82. The van der Waals surface area contributed by atoms with Crippen LogP contribution in [0, 0.1) is 5.41 Å². The summed E-state index contributed by atoms with van der Waals surface area (Å²) < 4.78 is 4.97. The molecule has 1 unspecified atom stereocenters. The molecule has 0 heterocycles. The van der Waals surface area contributed by atoms with Crippen molar-refractivity contribution in [2.45, 2.75) is 26.8 Å². The lowest BCUT2D eigenvalue weighted by atomic mass is 9.77. The van der Waals surface area contributed by atoms with Crippen molar-refractivity contribution in [2.75, 3.05) is 13.7 Å². The number of benzene rings is 1. The van der Waals surface area contributed by atoms with Gasteiger partial charge in [0.2, 0.25) is 5.91 Å². The Morgan fingerprint density at radius 1 is 1.30 bits per heavy atom. The second-order valence-corrected chi connectivity index (χ2v) is 5.91. The summed E-state index contributed by atoms with van der Waals surface area (Å²) in [7, 11) is 1.35. The highest BCUT2D eigenvalue weighted by molar-refractivity contribution is 5.80. The third kappa shape index (κ3) is 3.89. The predicted octanol–water partition coefficient (Wildman–Crippen LogP) is 3.60. The first-order valence-electron chi connectivity index (χ1n) is 7.49. The lowest BCUT2D eigenvalue weighted by Crippen LogP contribution is -2.45. The minimum absolute atomic E-state index is 0.134. The molecule has 1 aromatic rings. The van der Waals surface area contributed by atoms with Crippen molar-refractivity contribution in [3.63, 3.8) is 0 Å². The Labute approximate surface area is 138 Å². The van der Waals surface area contributed by atoms with Crippen LogP contribution < -0.4 is 0 Å². The smallest absolute Gasteiger partial charge is 0.313 e. The Bertz CT molecular complexity index is 604. The molecule has 23 heavy (non-hydrogen) atoms. The van der Waals surface area contributed by atoms with Crippen molar-refractivity contribution < 1.29 is 14.3 Å². The van der Waals surface area contributed by atoms with E-state index in [1.807, 2.05) is 24.3 Å². The molecule has 1 amide bonds. The van der Waals surface area contributed by atoms with Gasteiger partial charge < -0.3 is 9.64 Å². The number of esters is 1. The van der Waals surface area contributed by atoms with Crippen molar-refractivity contribution in [3.05, 3.63) is 54.6 Å². The van der Waals surface area contributed by atoms with Gasteiger partial charge in [-0.05, 0) is 25.0 Å². The zero-order valence-electron chi connectivity index (χ0n) is 14.3. The number of carbonyl (C=O) groups is 2. The number of nitrogens with zero attached hydrogens (tertiary/aromatic N) is 1. The number of ether oxygens (including phenoxy) is 1. The number of amides is 1. The number of hydrogen-bond donors (Lipinski definition) is 0. The highest BCUT2D eigenvalue weighted by Gasteiger charge is 2.43. The second-order valence-electron chi connectivity index (χ2n) is 5.91. The minimum atomic E-state index is -0.928. The first-order valence-corrected chi connectivity index (χ1v) is 7.49. The van der Waals surface area contributed by atoms with E-state index in [1.54, 1.807) is 30.9 Å². The predicted molar refractivity (Wildman–Crippen MR) is 92.7 cm³/mol. The number of hydrogen-bond acceptors (Lipinski definition) is 3. The number of rotatable bonds is 7. The Kier molecular flexibility index (Phi) is 6.31. The van der Waals surface area contributed by atoms with E-state index in [2.05, 4.69) is 13.2 Å². The Morgan fingerprint density at radius 3 is 2.39 bits per heavy atom. The number of methoxy groups -OCH3 is 1. The summed E-state index contributed by atoms with van der Waals surface area (Å²) in [6.45, 7) is 12.9. The molecule has 1 atom stereocenters. The molecule has 124 valence electrons. The zero-order valence-corrected chi connectivity index (χ0v) is 14.3. The maximum atomic E-state index is 12.4. The lowest BCUT2D eigenvalue weighted by Gasteiger charge is -2.40. The molecule has 1 aromatic carbocycles. The van der Waals surface area contributed by atoms with Crippen molar-refractivity contribution in [2.24, 2.45) is 5.41 Å². The van der Waals surface area contributed by atoms with Crippen LogP contribution in [0.1, 0.15) is 37.9 Å². The first-order chi connectivity index (χ1) is 10.8. The quantitative estimate of drug-likeness (QED) is 0.570. The van der Waals surface area contributed by atoms with Crippen LogP contribution in [0.15, 0.2) is 43.5 Å². The normalized spacial score (nSPS) is 12.2. The van der Waals surface area contributed by atoms with Crippen LogP contribution in [-0.4, -0.2) is 30.4 Å². The Morgan fingerprint density at radius 2 is 1.91 bits per heavy atom. The van der Waals surface area contributed by atoms with Crippen LogP contribution in [0.4, 0.5) is 0 Å². The summed E-state index contributed by atoms with van der Waals surface area (Å²) in [5.74, 6) is -0.512. The van der Waals surface area contributed by atoms with E-state index in [4.69, 9.17) is 4.74 Å². The van der Waals surface area contributed by atoms with Gasteiger partial charge >= 0.3 is 5.97 Å². The van der Waals surface area contributed by atoms with Gasteiger partial charge in [-0.2, -0.15) is 0 Å². The van der Waals surface area contributed by atoms with E-state index in [-0.39, 0.29) is 11.9 Å². The molecule has 0 saturated carbocycles. The monoisotopic (exact) mass is 315 g/mol. The van der Waals surface area contributed by atoms with Crippen molar-refractivity contribution >= 4 is 18.0 Å². The molecule has 0 fully saturated rings. The molecular weight excluding hydrogens is 290 g/mol. The van der Waals surface area contributed by atoms with Crippen LogP contribution >= 0.6 is 0 Å². The molecule has 0 radical (unpaired) electrons. The van der Waals surface area contributed by atoms with Crippen LogP contribution in [-0.2, 0) is 14.3 Å². The van der Waals surface area contributed by atoms with E-state index in [9.17, 15) is 9.59 Å². The molecule has 4 heteroatoms. The summed E-state index contributed by atoms with van der Waals surface area (Å²) in [4.78, 5) is 26.2. The SMILES string of the molecule is C=CCN(C(C)=O)C(c1ccccc1C=C)C(C)(C)C(=O)OC.